The fourth-order valence-corrected chi connectivity index (χ4v) is 3.88. The lowest BCUT2D eigenvalue weighted by Gasteiger charge is -2.28. The van der Waals surface area contributed by atoms with Crippen LogP contribution in [0, 0.1) is 0 Å². The molecule has 3 nitrogen and oxygen atoms in total. The lowest BCUT2D eigenvalue weighted by Crippen LogP contribution is -3.27. The van der Waals surface area contributed by atoms with Crippen LogP contribution in [0.3, 0.4) is 0 Å². The van der Waals surface area contributed by atoms with Crippen LogP contribution in [0.4, 0.5) is 0 Å². The first kappa shape index (κ1) is 15.0. The van der Waals surface area contributed by atoms with E-state index in [0.29, 0.717) is 0 Å². The van der Waals surface area contributed by atoms with Gasteiger partial charge in [0.1, 0.15) is 38.8 Å². The molecule has 3 heteroatoms. The lowest BCUT2D eigenvalue weighted by molar-refractivity contribution is -1.00. The third-order valence-corrected chi connectivity index (χ3v) is 5.44. The zero-order valence-electron chi connectivity index (χ0n) is 13.3. The summed E-state index contributed by atoms with van der Waals surface area (Å²) in [5.74, 6) is 0.766. The number of quaternary nitrogens is 2. The van der Waals surface area contributed by atoms with Crippen LogP contribution in [0.2, 0.25) is 0 Å². The van der Waals surface area contributed by atoms with E-state index in [0.717, 1.165) is 18.0 Å². The Morgan fingerprint density at radius 1 is 1.05 bits per heavy atom. The maximum atomic E-state index is 10.5. The summed E-state index contributed by atoms with van der Waals surface area (Å²) in [6.45, 7) is 5.67. The summed E-state index contributed by atoms with van der Waals surface area (Å²) >= 11 is 0. The Morgan fingerprint density at radius 3 is 2.29 bits per heavy atom. The smallest absolute Gasteiger partial charge is 0.128 e. The van der Waals surface area contributed by atoms with Gasteiger partial charge in [0.2, 0.25) is 0 Å². The minimum absolute atomic E-state index is 0.309. The Hall–Kier alpha value is -0.900. The topological polar surface area (TPSA) is 29.1 Å². The minimum Gasteiger partial charge on any atom is -0.382 e. The zero-order valence-corrected chi connectivity index (χ0v) is 13.3. The summed E-state index contributed by atoms with van der Waals surface area (Å²) in [6, 6.07) is 8.80. The number of aliphatic hydroxyl groups is 1. The second-order valence-corrected chi connectivity index (χ2v) is 7.08. The summed E-state index contributed by atoms with van der Waals surface area (Å²) in [5.41, 5.74) is 2.56. The van der Waals surface area contributed by atoms with Crippen molar-refractivity contribution in [3.8, 4) is 0 Å². The first-order chi connectivity index (χ1) is 10.2. The number of likely N-dealkylation sites (N-methyl/N-ethyl adjacent to an activating group) is 1. The molecule has 1 saturated heterocycles. The second kappa shape index (κ2) is 6.91. The summed E-state index contributed by atoms with van der Waals surface area (Å²) in [5, 5.41) is 10.5. The highest BCUT2D eigenvalue weighted by Gasteiger charge is 2.23. The molecule has 1 aliphatic heterocycles. The molecular weight excluding hydrogens is 260 g/mol. The van der Waals surface area contributed by atoms with Crippen LogP contribution in [-0.4, -0.2) is 44.9 Å². The van der Waals surface area contributed by atoms with Crippen LogP contribution in [0.25, 0.3) is 0 Å². The van der Waals surface area contributed by atoms with E-state index in [1.54, 1.807) is 9.80 Å². The molecule has 0 spiro atoms. The SMILES string of the molecule is C[NH+]1CC[NH+](C[C@H](O)c2ccc(C3CCCC3)cc2)CC1. The molecule has 116 valence electrons. The van der Waals surface area contributed by atoms with Gasteiger partial charge in [0.15, 0.2) is 0 Å². The molecule has 1 atom stereocenters. The first-order valence-corrected chi connectivity index (χ1v) is 8.65. The number of nitrogens with one attached hydrogen (secondary N) is 2. The Kier molecular flexibility index (Phi) is 4.94. The van der Waals surface area contributed by atoms with Crippen molar-refractivity contribution in [2.24, 2.45) is 0 Å². The Labute approximate surface area is 128 Å². The van der Waals surface area contributed by atoms with Crippen LogP contribution in [0.1, 0.15) is 48.8 Å². The second-order valence-electron chi connectivity index (χ2n) is 7.08. The van der Waals surface area contributed by atoms with Crippen molar-refractivity contribution in [1.82, 2.24) is 0 Å². The standard InChI is InChI=1S/C18H28N2O/c1-19-10-12-20(13-11-19)14-18(21)17-8-6-16(7-9-17)15-4-2-3-5-15/h6-9,15,18,21H,2-5,10-14H2,1H3/p+2/t18-/m0/s1. The third kappa shape index (κ3) is 3.85. The van der Waals surface area contributed by atoms with Gasteiger partial charge in [0.25, 0.3) is 0 Å². The highest BCUT2D eigenvalue weighted by molar-refractivity contribution is 5.27. The fourth-order valence-electron chi connectivity index (χ4n) is 3.88. The molecule has 0 unspecified atom stereocenters. The zero-order chi connectivity index (χ0) is 14.7. The van der Waals surface area contributed by atoms with Crippen molar-refractivity contribution in [2.45, 2.75) is 37.7 Å². The Balaban J connectivity index is 1.55. The van der Waals surface area contributed by atoms with Gasteiger partial charge in [-0.2, -0.15) is 0 Å². The number of benzene rings is 1. The molecule has 3 rings (SSSR count). The van der Waals surface area contributed by atoms with Gasteiger partial charge in [-0.25, -0.2) is 0 Å². The Bertz CT molecular complexity index is 431. The van der Waals surface area contributed by atoms with Gasteiger partial charge in [0, 0.05) is 0 Å². The fraction of sp³-hybridized carbons (Fsp3) is 0.667. The predicted molar refractivity (Wildman–Crippen MR) is 84.8 cm³/mol. The number of piperazine rings is 1. The van der Waals surface area contributed by atoms with Crippen molar-refractivity contribution in [3.63, 3.8) is 0 Å². The maximum Gasteiger partial charge on any atom is 0.128 e. The molecule has 1 aromatic rings. The molecule has 0 radical (unpaired) electrons. The van der Waals surface area contributed by atoms with Crippen molar-refractivity contribution in [3.05, 3.63) is 35.4 Å². The van der Waals surface area contributed by atoms with E-state index >= 15 is 0 Å². The minimum atomic E-state index is -0.309. The average Bonchev–Trinajstić information content (AvgIpc) is 3.04. The number of hydrogen-bond acceptors (Lipinski definition) is 1. The van der Waals surface area contributed by atoms with E-state index in [4.69, 9.17) is 0 Å². The van der Waals surface area contributed by atoms with Crippen LogP contribution in [-0.2, 0) is 0 Å². The van der Waals surface area contributed by atoms with Crippen molar-refractivity contribution >= 4 is 0 Å². The van der Waals surface area contributed by atoms with Crippen molar-refractivity contribution in [1.29, 1.82) is 0 Å². The molecule has 21 heavy (non-hydrogen) atoms. The molecule has 1 saturated carbocycles. The molecule has 3 N–H and O–H groups in total. The molecule has 0 amide bonds. The van der Waals surface area contributed by atoms with Gasteiger partial charge in [0.05, 0.1) is 7.05 Å². The van der Waals surface area contributed by atoms with E-state index in [1.165, 1.54) is 57.4 Å². The van der Waals surface area contributed by atoms with Crippen LogP contribution < -0.4 is 9.80 Å². The van der Waals surface area contributed by atoms with Gasteiger partial charge in [-0.05, 0) is 29.9 Å². The maximum absolute atomic E-state index is 10.5. The average molecular weight is 290 g/mol. The quantitative estimate of drug-likeness (QED) is 0.704. The van der Waals surface area contributed by atoms with Gasteiger partial charge in [-0.1, -0.05) is 37.1 Å². The molecular formula is C18H30N2O+2. The third-order valence-electron chi connectivity index (χ3n) is 5.44. The van der Waals surface area contributed by atoms with Crippen LogP contribution in [0.5, 0.6) is 0 Å². The van der Waals surface area contributed by atoms with E-state index in [2.05, 4.69) is 31.3 Å². The van der Waals surface area contributed by atoms with E-state index in [-0.39, 0.29) is 6.10 Å². The van der Waals surface area contributed by atoms with E-state index in [9.17, 15) is 5.11 Å². The van der Waals surface area contributed by atoms with Crippen molar-refractivity contribution < 1.29 is 14.9 Å². The molecule has 2 fully saturated rings. The van der Waals surface area contributed by atoms with Gasteiger partial charge in [-0.15, -0.1) is 0 Å². The molecule has 0 bridgehead atoms. The molecule has 2 aliphatic rings. The van der Waals surface area contributed by atoms with Crippen LogP contribution in [0.15, 0.2) is 24.3 Å². The first-order valence-electron chi connectivity index (χ1n) is 8.65. The number of hydrogen-bond donors (Lipinski definition) is 3. The highest BCUT2D eigenvalue weighted by atomic mass is 16.3. The molecule has 0 aromatic heterocycles. The van der Waals surface area contributed by atoms with Gasteiger partial charge >= 0.3 is 0 Å². The van der Waals surface area contributed by atoms with E-state index in [1.807, 2.05) is 0 Å². The largest absolute Gasteiger partial charge is 0.382 e. The summed E-state index contributed by atoms with van der Waals surface area (Å²) in [7, 11) is 2.26. The van der Waals surface area contributed by atoms with Crippen LogP contribution >= 0.6 is 0 Å². The van der Waals surface area contributed by atoms with Crippen molar-refractivity contribution in [2.75, 3.05) is 39.8 Å². The normalized spacial score (nSPS) is 28.7. The summed E-state index contributed by atoms with van der Waals surface area (Å²) in [6.07, 6.45) is 5.13. The van der Waals surface area contributed by atoms with Gasteiger partial charge < -0.3 is 14.9 Å². The molecule has 1 aromatic carbocycles. The molecule has 1 aliphatic carbocycles. The number of rotatable bonds is 4. The monoisotopic (exact) mass is 290 g/mol. The Morgan fingerprint density at radius 2 is 1.67 bits per heavy atom. The highest BCUT2D eigenvalue weighted by Crippen LogP contribution is 2.34. The molecule has 1 heterocycles. The number of aliphatic hydroxyl groups excluding tert-OH is 1. The predicted octanol–water partition coefficient (Wildman–Crippen LogP) is -0.209. The van der Waals surface area contributed by atoms with E-state index < -0.39 is 0 Å². The summed E-state index contributed by atoms with van der Waals surface area (Å²) < 4.78 is 0. The summed E-state index contributed by atoms with van der Waals surface area (Å²) in [4.78, 5) is 3.17. The van der Waals surface area contributed by atoms with Gasteiger partial charge in [-0.3, -0.25) is 0 Å². The lowest BCUT2D eigenvalue weighted by atomic mass is 9.95.